The minimum absolute atomic E-state index is 0.182. The number of carbonyl (C=O) groups is 1. The van der Waals surface area contributed by atoms with Gasteiger partial charge in [0.15, 0.2) is 16.3 Å². The molecular weight excluding hydrogens is 474 g/mol. The number of fused-ring (bicyclic) bond motifs is 2. The van der Waals surface area contributed by atoms with Crippen molar-refractivity contribution in [3.05, 3.63) is 46.8 Å². The first kappa shape index (κ1) is 24.4. The van der Waals surface area contributed by atoms with E-state index in [1.165, 1.54) is 39.9 Å². The highest BCUT2D eigenvalue weighted by molar-refractivity contribution is 7.89. The second-order valence-electron chi connectivity index (χ2n) is 7.94. The van der Waals surface area contributed by atoms with Gasteiger partial charge in [-0.15, -0.1) is 0 Å². The maximum absolute atomic E-state index is 13.0. The Bertz CT molecular complexity index is 1350. The molecule has 2 aromatic carbocycles. The van der Waals surface area contributed by atoms with Gasteiger partial charge in [-0.3, -0.25) is 4.79 Å². The Morgan fingerprint density at radius 3 is 2.24 bits per heavy atom. The first-order chi connectivity index (χ1) is 16.4. The summed E-state index contributed by atoms with van der Waals surface area (Å²) in [4.78, 5) is 18.0. The molecule has 0 fully saturated rings. The molecule has 0 N–H and O–H groups in total. The number of aryl methyl sites for hydroxylation is 1. The fourth-order valence-electron chi connectivity index (χ4n) is 3.92. The molecule has 3 aromatic rings. The lowest BCUT2D eigenvalue weighted by Crippen LogP contribution is -2.32. The summed E-state index contributed by atoms with van der Waals surface area (Å²) >= 11 is 1.40. The maximum Gasteiger partial charge on any atom is 0.279 e. The van der Waals surface area contributed by atoms with Gasteiger partial charge in [0.05, 0.1) is 15.1 Å². The van der Waals surface area contributed by atoms with Gasteiger partial charge in [-0.2, -0.15) is 9.30 Å². The number of carbonyl (C=O) groups excluding carboxylic acids is 1. The standard InChI is InChI=1S/C24H29N3O5S2/c1-4-11-26(12-5-2)34(29,30)18-9-7-17(8-10-18)23(28)25-24-27(6-3)19-15-20-21(16-22(19)33-24)32-14-13-31-20/h7-10,15-16H,4-6,11-14H2,1-3H3. The summed E-state index contributed by atoms with van der Waals surface area (Å²) in [6.07, 6.45) is 1.48. The van der Waals surface area contributed by atoms with Gasteiger partial charge in [-0.05, 0) is 44.0 Å². The third kappa shape index (κ3) is 4.75. The smallest absolute Gasteiger partial charge is 0.279 e. The van der Waals surface area contributed by atoms with Crippen LogP contribution in [0.15, 0.2) is 46.3 Å². The van der Waals surface area contributed by atoms with Crippen molar-refractivity contribution in [1.82, 2.24) is 8.87 Å². The average molecular weight is 504 g/mol. The van der Waals surface area contributed by atoms with Crippen molar-refractivity contribution in [3.63, 3.8) is 0 Å². The molecule has 4 rings (SSSR count). The van der Waals surface area contributed by atoms with Gasteiger partial charge in [0, 0.05) is 37.3 Å². The molecule has 1 aliphatic heterocycles. The molecule has 182 valence electrons. The van der Waals surface area contributed by atoms with Crippen LogP contribution in [-0.4, -0.2) is 49.5 Å². The Hall–Kier alpha value is -2.69. The van der Waals surface area contributed by atoms with Crippen molar-refractivity contribution in [1.29, 1.82) is 0 Å². The first-order valence-corrected chi connectivity index (χ1v) is 13.8. The average Bonchev–Trinajstić information content (AvgIpc) is 3.17. The SMILES string of the molecule is CCCN(CCC)S(=O)(=O)c1ccc(C(=O)N=c2sc3cc4c(cc3n2CC)OCCO4)cc1. The highest BCUT2D eigenvalue weighted by Crippen LogP contribution is 2.35. The zero-order valence-corrected chi connectivity index (χ0v) is 21.2. The fraction of sp³-hybridized carbons (Fsp3) is 0.417. The van der Waals surface area contributed by atoms with Crippen LogP contribution in [0.2, 0.25) is 0 Å². The largest absolute Gasteiger partial charge is 0.486 e. The summed E-state index contributed by atoms with van der Waals surface area (Å²) in [6, 6.07) is 9.86. The highest BCUT2D eigenvalue weighted by atomic mass is 32.2. The van der Waals surface area contributed by atoms with E-state index >= 15 is 0 Å². The van der Waals surface area contributed by atoms with E-state index in [2.05, 4.69) is 4.99 Å². The van der Waals surface area contributed by atoms with Crippen molar-refractivity contribution >= 4 is 37.5 Å². The van der Waals surface area contributed by atoms with Crippen LogP contribution in [0.25, 0.3) is 10.2 Å². The van der Waals surface area contributed by atoms with Crippen LogP contribution in [0.1, 0.15) is 44.0 Å². The molecule has 10 heteroatoms. The third-order valence-electron chi connectivity index (χ3n) is 5.55. The zero-order chi connectivity index (χ0) is 24.3. The Morgan fingerprint density at radius 2 is 1.65 bits per heavy atom. The van der Waals surface area contributed by atoms with Crippen molar-refractivity contribution in [2.75, 3.05) is 26.3 Å². The summed E-state index contributed by atoms with van der Waals surface area (Å²) in [5, 5.41) is 0. The molecule has 1 aliphatic rings. The molecule has 0 atom stereocenters. The number of amides is 1. The molecule has 8 nitrogen and oxygen atoms in total. The van der Waals surface area contributed by atoms with E-state index in [1.807, 2.05) is 37.5 Å². The lowest BCUT2D eigenvalue weighted by atomic mass is 10.2. The number of sulfonamides is 1. The molecule has 0 spiro atoms. The number of rotatable bonds is 8. The third-order valence-corrected chi connectivity index (χ3v) is 8.50. The van der Waals surface area contributed by atoms with Crippen molar-refractivity contribution in [2.45, 2.75) is 45.1 Å². The molecule has 0 saturated carbocycles. The second kappa shape index (κ2) is 10.3. The normalized spacial score (nSPS) is 14.2. The molecule has 0 radical (unpaired) electrons. The monoisotopic (exact) mass is 503 g/mol. The Labute approximate surface area is 203 Å². The van der Waals surface area contributed by atoms with Gasteiger partial charge in [0.1, 0.15) is 13.2 Å². The van der Waals surface area contributed by atoms with Gasteiger partial charge in [0.2, 0.25) is 10.0 Å². The molecule has 0 unspecified atom stereocenters. The van der Waals surface area contributed by atoms with E-state index in [0.717, 1.165) is 23.1 Å². The summed E-state index contributed by atoms with van der Waals surface area (Å²) in [7, 11) is -3.60. The number of thiazole rings is 1. The maximum atomic E-state index is 13.0. The minimum atomic E-state index is -3.60. The van der Waals surface area contributed by atoms with Crippen LogP contribution in [0.3, 0.4) is 0 Å². The molecule has 0 saturated heterocycles. The van der Waals surface area contributed by atoms with E-state index in [0.29, 0.717) is 54.7 Å². The predicted molar refractivity (Wildman–Crippen MR) is 132 cm³/mol. The van der Waals surface area contributed by atoms with E-state index in [4.69, 9.17) is 9.47 Å². The number of benzene rings is 2. The van der Waals surface area contributed by atoms with Crippen LogP contribution in [-0.2, 0) is 16.6 Å². The van der Waals surface area contributed by atoms with Gasteiger partial charge in [-0.25, -0.2) is 8.42 Å². The first-order valence-electron chi connectivity index (χ1n) is 11.5. The number of hydrogen-bond donors (Lipinski definition) is 0. The molecule has 1 amide bonds. The lowest BCUT2D eigenvalue weighted by Gasteiger charge is -2.21. The summed E-state index contributed by atoms with van der Waals surface area (Å²) in [5.41, 5.74) is 1.26. The molecule has 0 bridgehead atoms. The van der Waals surface area contributed by atoms with Crippen LogP contribution < -0.4 is 14.3 Å². The predicted octanol–water partition coefficient (Wildman–Crippen LogP) is 4.05. The summed E-state index contributed by atoms with van der Waals surface area (Å²) in [6.45, 7) is 8.47. The van der Waals surface area contributed by atoms with Crippen molar-refractivity contribution in [3.8, 4) is 11.5 Å². The van der Waals surface area contributed by atoms with Crippen molar-refractivity contribution < 1.29 is 22.7 Å². The van der Waals surface area contributed by atoms with Gasteiger partial charge >= 0.3 is 0 Å². The Morgan fingerprint density at radius 1 is 1.03 bits per heavy atom. The van der Waals surface area contributed by atoms with Crippen molar-refractivity contribution in [2.24, 2.45) is 4.99 Å². The van der Waals surface area contributed by atoms with E-state index in [-0.39, 0.29) is 4.90 Å². The van der Waals surface area contributed by atoms with E-state index in [9.17, 15) is 13.2 Å². The van der Waals surface area contributed by atoms with Crippen LogP contribution in [0.4, 0.5) is 0 Å². The number of nitrogens with zero attached hydrogens (tertiary/aromatic N) is 3. The summed E-state index contributed by atoms with van der Waals surface area (Å²) < 4.78 is 41.7. The summed E-state index contributed by atoms with van der Waals surface area (Å²) in [5.74, 6) is 0.959. The lowest BCUT2D eigenvalue weighted by molar-refractivity contribution is 0.0997. The number of hydrogen-bond acceptors (Lipinski definition) is 6. The highest BCUT2D eigenvalue weighted by Gasteiger charge is 2.23. The molecule has 2 heterocycles. The second-order valence-corrected chi connectivity index (χ2v) is 10.9. The van der Waals surface area contributed by atoms with E-state index < -0.39 is 15.9 Å². The number of aromatic nitrogens is 1. The van der Waals surface area contributed by atoms with Gasteiger partial charge in [0.25, 0.3) is 5.91 Å². The zero-order valence-electron chi connectivity index (χ0n) is 19.6. The van der Waals surface area contributed by atoms with Crippen LogP contribution in [0, 0.1) is 0 Å². The molecular formula is C24H29N3O5S2. The van der Waals surface area contributed by atoms with E-state index in [1.54, 1.807) is 0 Å². The molecule has 34 heavy (non-hydrogen) atoms. The minimum Gasteiger partial charge on any atom is -0.486 e. The fourth-order valence-corrected chi connectivity index (χ4v) is 6.64. The Balaban J connectivity index is 1.65. The van der Waals surface area contributed by atoms with Gasteiger partial charge < -0.3 is 14.0 Å². The molecule has 0 aliphatic carbocycles. The quantitative estimate of drug-likeness (QED) is 0.463. The topological polar surface area (TPSA) is 90.2 Å². The van der Waals surface area contributed by atoms with Gasteiger partial charge in [-0.1, -0.05) is 25.2 Å². The van der Waals surface area contributed by atoms with Crippen LogP contribution >= 0.6 is 11.3 Å². The molecule has 1 aromatic heterocycles. The number of ether oxygens (including phenoxy) is 2. The Kier molecular flexibility index (Phi) is 7.39. The van der Waals surface area contributed by atoms with Crippen LogP contribution in [0.5, 0.6) is 11.5 Å².